The van der Waals surface area contributed by atoms with Gasteiger partial charge < -0.3 is 10.4 Å². The molecule has 2 aromatic heterocycles. The van der Waals surface area contributed by atoms with Gasteiger partial charge in [0.05, 0.1) is 6.10 Å². The molecule has 2 aromatic rings. The molecule has 0 aliphatic carbocycles. The van der Waals surface area contributed by atoms with Gasteiger partial charge in [-0.25, -0.2) is 0 Å². The van der Waals surface area contributed by atoms with Gasteiger partial charge in [0.15, 0.2) is 0 Å². The molecule has 0 aromatic carbocycles. The van der Waals surface area contributed by atoms with E-state index in [1.807, 2.05) is 29.6 Å². The summed E-state index contributed by atoms with van der Waals surface area (Å²) in [4.78, 5) is 5.01. The molecule has 17 heavy (non-hydrogen) atoms. The van der Waals surface area contributed by atoms with Crippen LogP contribution in [-0.4, -0.2) is 16.6 Å². The Kier molecular flexibility index (Phi) is 4.67. The molecule has 1 atom stereocenters. The lowest BCUT2D eigenvalue weighted by molar-refractivity contribution is 0.170. The third-order valence-electron chi connectivity index (χ3n) is 2.54. The predicted octanol–water partition coefficient (Wildman–Crippen LogP) is 2.36. The van der Waals surface area contributed by atoms with Gasteiger partial charge in [0.2, 0.25) is 0 Å². The maximum Gasteiger partial charge on any atom is 0.0894 e. The molecular formula is C13H16N2OS. The topological polar surface area (TPSA) is 45.1 Å². The van der Waals surface area contributed by atoms with Crippen LogP contribution in [0.4, 0.5) is 0 Å². The van der Waals surface area contributed by atoms with Gasteiger partial charge in [0, 0.05) is 23.8 Å². The Hall–Kier alpha value is -1.23. The number of nitrogens with zero attached hydrogens (tertiary/aromatic N) is 1. The first-order chi connectivity index (χ1) is 8.36. The molecule has 0 bridgehead atoms. The molecule has 0 aliphatic heterocycles. The second-order valence-electron chi connectivity index (χ2n) is 3.85. The van der Waals surface area contributed by atoms with E-state index in [1.165, 1.54) is 5.56 Å². The molecule has 90 valence electrons. The summed E-state index contributed by atoms with van der Waals surface area (Å²) in [6.07, 6.45) is 3.97. The van der Waals surface area contributed by atoms with Gasteiger partial charge in [-0.1, -0.05) is 6.07 Å². The number of nitrogens with one attached hydrogen (secondary N) is 1. The van der Waals surface area contributed by atoms with Crippen LogP contribution in [-0.2, 0) is 6.54 Å². The lowest BCUT2D eigenvalue weighted by atomic mass is 10.2. The molecule has 0 amide bonds. The second-order valence-corrected chi connectivity index (χ2v) is 4.83. The number of aliphatic hydroxyl groups is 1. The average molecular weight is 248 g/mol. The first-order valence-electron chi connectivity index (χ1n) is 5.67. The summed E-state index contributed by atoms with van der Waals surface area (Å²) in [5.41, 5.74) is 1.21. The molecule has 0 saturated carbocycles. The number of aromatic nitrogens is 1. The molecule has 0 saturated heterocycles. The van der Waals surface area contributed by atoms with Crippen molar-refractivity contribution >= 4 is 11.3 Å². The summed E-state index contributed by atoms with van der Waals surface area (Å²) in [5, 5.41) is 15.2. The van der Waals surface area contributed by atoms with Gasteiger partial charge in [-0.3, -0.25) is 4.98 Å². The average Bonchev–Trinajstić information content (AvgIpc) is 2.89. The molecule has 1 unspecified atom stereocenters. The van der Waals surface area contributed by atoms with Crippen molar-refractivity contribution in [3.8, 4) is 0 Å². The van der Waals surface area contributed by atoms with E-state index < -0.39 is 0 Å². The minimum absolute atomic E-state index is 0.347. The van der Waals surface area contributed by atoms with Crippen molar-refractivity contribution in [1.29, 1.82) is 0 Å². The summed E-state index contributed by atoms with van der Waals surface area (Å²) in [7, 11) is 0. The third kappa shape index (κ3) is 3.93. The summed E-state index contributed by atoms with van der Waals surface area (Å²) >= 11 is 1.60. The van der Waals surface area contributed by atoms with Crippen molar-refractivity contribution in [2.75, 3.05) is 6.54 Å². The maximum absolute atomic E-state index is 9.87. The van der Waals surface area contributed by atoms with E-state index in [-0.39, 0.29) is 6.10 Å². The SMILES string of the molecule is OC(CCNCc1ccncc1)c1cccs1. The Morgan fingerprint density at radius 2 is 2.12 bits per heavy atom. The van der Waals surface area contributed by atoms with Gasteiger partial charge in [0.1, 0.15) is 0 Å². The van der Waals surface area contributed by atoms with Crippen molar-refractivity contribution < 1.29 is 5.11 Å². The number of pyridine rings is 1. The van der Waals surface area contributed by atoms with Crippen LogP contribution in [0.15, 0.2) is 42.0 Å². The van der Waals surface area contributed by atoms with E-state index >= 15 is 0 Å². The highest BCUT2D eigenvalue weighted by Crippen LogP contribution is 2.20. The molecule has 0 aliphatic rings. The molecule has 0 fully saturated rings. The highest BCUT2D eigenvalue weighted by molar-refractivity contribution is 7.10. The van der Waals surface area contributed by atoms with Crippen LogP contribution in [0.25, 0.3) is 0 Å². The fourth-order valence-corrected chi connectivity index (χ4v) is 2.34. The van der Waals surface area contributed by atoms with Crippen molar-refractivity contribution in [3.63, 3.8) is 0 Å². The first-order valence-corrected chi connectivity index (χ1v) is 6.55. The lowest BCUT2D eigenvalue weighted by Crippen LogP contribution is -2.16. The summed E-state index contributed by atoms with van der Waals surface area (Å²) in [6.45, 7) is 1.63. The van der Waals surface area contributed by atoms with Gasteiger partial charge in [-0.05, 0) is 42.1 Å². The quantitative estimate of drug-likeness (QED) is 0.771. The van der Waals surface area contributed by atoms with E-state index in [0.29, 0.717) is 0 Å². The molecule has 2 rings (SSSR count). The third-order valence-corrected chi connectivity index (χ3v) is 3.52. The van der Waals surface area contributed by atoms with Crippen LogP contribution in [0.1, 0.15) is 23.0 Å². The van der Waals surface area contributed by atoms with E-state index in [9.17, 15) is 5.11 Å². The highest BCUT2D eigenvalue weighted by atomic mass is 32.1. The van der Waals surface area contributed by atoms with Gasteiger partial charge in [-0.15, -0.1) is 11.3 Å². The van der Waals surface area contributed by atoms with Crippen molar-refractivity contribution in [2.45, 2.75) is 19.1 Å². The predicted molar refractivity (Wildman–Crippen MR) is 69.8 cm³/mol. The second kappa shape index (κ2) is 6.49. The van der Waals surface area contributed by atoms with E-state index in [2.05, 4.69) is 10.3 Å². The minimum Gasteiger partial charge on any atom is -0.388 e. The van der Waals surface area contributed by atoms with Gasteiger partial charge >= 0.3 is 0 Å². The van der Waals surface area contributed by atoms with Crippen LogP contribution in [0.5, 0.6) is 0 Å². The van der Waals surface area contributed by atoms with Gasteiger partial charge in [-0.2, -0.15) is 0 Å². The smallest absolute Gasteiger partial charge is 0.0894 e. The Bertz CT molecular complexity index is 416. The monoisotopic (exact) mass is 248 g/mol. The highest BCUT2D eigenvalue weighted by Gasteiger charge is 2.07. The van der Waals surface area contributed by atoms with Crippen LogP contribution in [0.3, 0.4) is 0 Å². The largest absolute Gasteiger partial charge is 0.388 e. The Labute approximate surface area is 105 Å². The zero-order valence-electron chi connectivity index (χ0n) is 9.54. The Morgan fingerprint density at radius 3 is 2.82 bits per heavy atom. The van der Waals surface area contributed by atoms with E-state index in [1.54, 1.807) is 23.7 Å². The van der Waals surface area contributed by atoms with Crippen molar-refractivity contribution in [1.82, 2.24) is 10.3 Å². The standard InChI is InChI=1S/C13H16N2OS/c16-12(13-2-1-9-17-13)5-8-15-10-11-3-6-14-7-4-11/h1-4,6-7,9,12,15-16H,5,8,10H2. The summed E-state index contributed by atoms with van der Waals surface area (Å²) in [5.74, 6) is 0. The summed E-state index contributed by atoms with van der Waals surface area (Å²) < 4.78 is 0. The maximum atomic E-state index is 9.87. The fourth-order valence-electron chi connectivity index (χ4n) is 1.60. The lowest BCUT2D eigenvalue weighted by Gasteiger charge is -2.09. The minimum atomic E-state index is -0.347. The first kappa shape index (κ1) is 12.2. The molecule has 0 spiro atoms. The molecular weight excluding hydrogens is 232 g/mol. The van der Waals surface area contributed by atoms with E-state index in [4.69, 9.17) is 0 Å². The zero-order chi connectivity index (χ0) is 11.9. The van der Waals surface area contributed by atoms with Crippen molar-refractivity contribution in [2.24, 2.45) is 0 Å². The molecule has 2 N–H and O–H groups in total. The Balaban J connectivity index is 1.67. The van der Waals surface area contributed by atoms with Crippen molar-refractivity contribution in [3.05, 3.63) is 52.5 Å². The van der Waals surface area contributed by atoms with Gasteiger partial charge in [0.25, 0.3) is 0 Å². The number of aliphatic hydroxyl groups excluding tert-OH is 1. The number of hydrogen-bond donors (Lipinski definition) is 2. The number of rotatable bonds is 6. The Morgan fingerprint density at radius 1 is 1.29 bits per heavy atom. The number of hydrogen-bond acceptors (Lipinski definition) is 4. The van der Waals surface area contributed by atoms with E-state index in [0.717, 1.165) is 24.4 Å². The van der Waals surface area contributed by atoms with Crippen LogP contribution < -0.4 is 5.32 Å². The van der Waals surface area contributed by atoms with Crippen LogP contribution in [0.2, 0.25) is 0 Å². The molecule has 3 nitrogen and oxygen atoms in total. The molecule has 0 radical (unpaired) electrons. The normalized spacial score (nSPS) is 12.5. The zero-order valence-corrected chi connectivity index (χ0v) is 10.4. The van der Waals surface area contributed by atoms with Crippen LogP contribution >= 0.6 is 11.3 Å². The molecule has 4 heteroatoms. The van der Waals surface area contributed by atoms with Crippen LogP contribution in [0, 0.1) is 0 Å². The number of thiophene rings is 1. The molecule has 2 heterocycles. The fraction of sp³-hybridized carbons (Fsp3) is 0.308. The summed E-state index contributed by atoms with van der Waals surface area (Å²) in [6, 6.07) is 7.91.